The first-order valence-electron chi connectivity index (χ1n) is 14.0. The minimum absolute atomic E-state index is 0.169. The molecule has 0 saturated heterocycles. The first kappa shape index (κ1) is 33.9. The molecule has 238 valence electrons. The Morgan fingerprint density at radius 3 is 2.30 bits per heavy atom. The maximum atomic E-state index is 12.6. The number of halogens is 5. The van der Waals surface area contributed by atoms with E-state index in [1.807, 2.05) is 6.07 Å². The lowest BCUT2D eigenvalue weighted by atomic mass is 10.1. The number of nitrogens with one attached hydrogen (secondary N) is 3. The molecule has 15 heteroatoms. The van der Waals surface area contributed by atoms with Crippen molar-refractivity contribution >= 4 is 22.8 Å². The van der Waals surface area contributed by atoms with E-state index in [1.165, 1.54) is 26.2 Å². The molecule has 2 fully saturated rings. The van der Waals surface area contributed by atoms with Gasteiger partial charge in [-0.15, -0.1) is 0 Å². The predicted octanol–water partition coefficient (Wildman–Crippen LogP) is 5.80. The zero-order chi connectivity index (χ0) is 31.8. The molecule has 2 saturated carbocycles. The molecule has 0 bridgehead atoms. The summed E-state index contributed by atoms with van der Waals surface area (Å²) in [5, 5.41) is 12.9. The molecule has 2 aliphatic rings. The van der Waals surface area contributed by atoms with Gasteiger partial charge >= 0.3 is 6.18 Å². The van der Waals surface area contributed by atoms with Crippen LogP contribution in [0, 0.1) is 5.92 Å². The van der Waals surface area contributed by atoms with Gasteiger partial charge in [0.05, 0.1) is 17.6 Å². The Kier molecular flexibility index (Phi) is 11.6. The third-order valence-electron chi connectivity index (χ3n) is 6.68. The summed E-state index contributed by atoms with van der Waals surface area (Å²) < 4.78 is 69.1. The normalized spacial score (nSPS) is 15.2. The average molecular weight is 617 g/mol. The molecular formula is C28H37F5N6O4. The van der Waals surface area contributed by atoms with Crippen LogP contribution in [0.1, 0.15) is 92.8 Å². The van der Waals surface area contributed by atoms with Gasteiger partial charge < -0.3 is 20.4 Å². The van der Waals surface area contributed by atoms with Crippen LogP contribution in [0.4, 0.5) is 22.0 Å². The van der Waals surface area contributed by atoms with E-state index in [9.17, 15) is 31.5 Å². The Morgan fingerprint density at radius 1 is 1.09 bits per heavy atom. The van der Waals surface area contributed by atoms with Crippen molar-refractivity contribution in [3.63, 3.8) is 0 Å². The average Bonchev–Trinajstić information content (AvgIpc) is 3.90. The van der Waals surface area contributed by atoms with Crippen molar-refractivity contribution in [2.75, 3.05) is 7.11 Å². The van der Waals surface area contributed by atoms with Crippen LogP contribution in [0.3, 0.4) is 0 Å². The van der Waals surface area contributed by atoms with Crippen molar-refractivity contribution in [1.82, 2.24) is 30.9 Å². The highest BCUT2D eigenvalue weighted by Gasteiger charge is 2.47. The second-order valence-corrected chi connectivity index (χ2v) is 11.1. The number of fused-ring (bicyclic) bond motifs is 1. The van der Waals surface area contributed by atoms with E-state index in [4.69, 9.17) is 4.63 Å². The first-order chi connectivity index (χ1) is 20.2. The van der Waals surface area contributed by atoms with Crippen LogP contribution in [0.15, 0.2) is 22.8 Å². The number of amides is 2. The molecule has 10 nitrogen and oxygen atoms in total. The summed E-state index contributed by atoms with van der Waals surface area (Å²) in [6.07, 6.45) is -0.566. The van der Waals surface area contributed by atoms with Crippen LogP contribution in [0.2, 0.25) is 0 Å². The molecule has 3 aromatic rings. The summed E-state index contributed by atoms with van der Waals surface area (Å²) in [5.41, 5.74) is 1.01. The van der Waals surface area contributed by atoms with Gasteiger partial charge in [-0.25, -0.2) is 18.4 Å². The van der Waals surface area contributed by atoms with E-state index in [2.05, 4.69) is 35.7 Å². The zero-order valence-electron chi connectivity index (χ0n) is 24.5. The van der Waals surface area contributed by atoms with Crippen molar-refractivity contribution < 1.29 is 40.9 Å². The Bertz CT molecular complexity index is 1350. The Hall–Kier alpha value is -3.62. The minimum Gasteiger partial charge on any atom is -0.369 e. The summed E-state index contributed by atoms with van der Waals surface area (Å²) in [6.45, 7) is 3.69. The molecule has 2 aliphatic carbocycles. The summed E-state index contributed by atoms with van der Waals surface area (Å²) in [5.74, 6) is -0.976. The third-order valence-corrected chi connectivity index (χ3v) is 6.68. The largest absolute Gasteiger partial charge is 0.416 e. The molecule has 2 aromatic heterocycles. The molecule has 3 N–H and O–H groups in total. The van der Waals surface area contributed by atoms with Crippen LogP contribution in [0.25, 0.3) is 11.0 Å². The smallest absolute Gasteiger partial charge is 0.369 e. The van der Waals surface area contributed by atoms with Crippen molar-refractivity contribution in [2.24, 2.45) is 5.92 Å². The molecule has 2 heterocycles. The van der Waals surface area contributed by atoms with Crippen molar-refractivity contribution in [3.8, 4) is 0 Å². The minimum atomic E-state index is -4.28. The number of alkyl halides is 5. The molecule has 0 aliphatic heterocycles. The fraction of sp³-hybridized carbons (Fsp3) is 0.607. The van der Waals surface area contributed by atoms with Crippen molar-refractivity contribution in [2.45, 2.75) is 96.5 Å². The lowest BCUT2D eigenvalue weighted by Crippen LogP contribution is -2.40. The van der Waals surface area contributed by atoms with Gasteiger partial charge in [0.15, 0.2) is 11.3 Å². The molecule has 2 amide bonds. The number of imidazole rings is 1. The van der Waals surface area contributed by atoms with E-state index in [1.54, 1.807) is 12.1 Å². The predicted molar refractivity (Wildman–Crippen MR) is 146 cm³/mol. The Labute approximate surface area is 245 Å². The van der Waals surface area contributed by atoms with Gasteiger partial charge in [0.2, 0.25) is 12.3 Å². The highest BCUT2D eigenvalue weighted by molar-refractivity contribution is 5.93. The Balaban J connectivity index is 0.000000354. The maximum Gasteiger partial charge on any atom is 0.416 e. The van der Waals surface area contributed by atoms with E-state index in [0.29, 0.717) is 17.0 Å². The number of benzene rings is 1. The number of carbonyl (C=O) groups excluding carboxylic acids is 2. The summed E-state index contributed by atoms with van der Waals surface area (Å²) in [6, 6.07) is 5.40. The van der Waals surface area contributed by atoms with Crippen LogP contribution in [-0.2, 0) is 22.6 Å². The number of aromatic amines is 1. The van der Waals surface area contributed by atoms with E-state index in [-0.39, 0.29) is 37.0 Å². The number of hydrogen-bond acceptors (Lipinski definition) is 7. The second kappa shape index (κ2) is 14.7. The van der Waals surface area contributed by atoms with Gasteiger partial charge in [-0.05, 0) is 49.5 Å². The lowest BCUT2D eigenvalue weighted by molar-refractivity contribution is -0.255. The molecular weight excluding hydrogens is 579 g/mol. The first-order valence-corrected chi connectivity index (χ1v) is 14.0. The van der Waals surface area contributed by atoms with Crippen LogP contribution < -0.4 is 10.6 Å². The lowest BCUT2D eigenvalue weighted by Gasteiger charge is -2.25. The molecule has 43 heavy (non-hydrogen) atoms. The summed E-state index contributed by atoms with van der Waals surface area (Å²) >= 11 is 0. The van der Waals surface area contributed by atoms with Crippen LogP contribution in [-0.4, -0.2) is 57.4 Å². The summed E-state index contributed by atoms with van der Waals surface area (Å²) in [4.78, 5) is 31.7. The van der Waals surface area contributed by atoms with Gasteiger partial charge in [-0.1, -0.05) is 37.4 Å². The monoisotopic (exact) mass is 616 g/mol. The van der Waals surface area contributed by atoms with E-state index in [0.717, 1.165) is 44.9 Å². The molecule has 0 radical (unpaired) electrons. The van der Waals surface area contributed by atoms with Gasteiger partial charge in [-0.3, -0.25) is 9.59 Å². The highest BCUT2D eigenvalue weighted by Crippen LogP contribution is 2.40. The number of nitrogens with zero attached hydrogens (tertiary/aromatic N) is 3. The number of hydrogen-bond donors (Lipinski definition) is 3. The van der Waals surface area contributed by atoms with Gasteiger partial charge in [0.25, 0.3) is 5.91 Å². The third kappa shape index (κ3) is 10.6. The molecule has 1 unspecified atom stereocenters. The van der Waals surface area contributed by atoms with Crippen LogP contribution >= 0.6 is 0 Å². The van der Waals surface area contributed by atoms with Gasteiger partial charge in [-0.2, -0.15) is 13.2 Å². The Morgan fingerprint density at radius 2 is 1.77 bits per heavy atom. The van der Waals surface area contributed by atoms with Gasteiger partial charge in [0, 0.05) is 31.9 Å². The second-order valence-electron chi connectivity index (χ2n) is 11.1. The quantitative estimate of drug-likeness (QED) is 0.245. The molecule has 1 atom stereocenters. The SMILES string of the molecule is C1CC1.CC(CC(=O)NCc1ccc2nc(CNC(=O)c3nonc3C3CC3)[nH]c2c1)C(F)F.COC(C)(C)C(F)(F)F. The number of methoxy groups -OCH3 is 1. The maximum absolute atomic E-state index is 12.6. The van der Waals surface area contributed by atoms with E-state index >= 15 is 0 Å². The fourth-order valence-corrected chi connectivity index (χ4v) is 3.30. The topological polar surface area (TPSA) is 135 Å². The number of rotatable bonds is 10. The zero-order valence-corrected chi connectivity index (χ0v) is 24.5. The number of H-pyrrole nitrogens is 1. The van der Waals surface area contributed by atoms with E-state index < -0.39 is 30.0 Å². The fourth-order valence-electron chi connectivity index (χ4n) is 3.30. The molecule has 0 spiro atoms. The number of aromatic nitrogens is 4. The standard InChI is InChI=1S/C20H22F2N6O3.C5H9F3O.C3H6/c1-10(19(21)22)6-16(29)23-8-11-2-5-13-14(7-11)26-15(25-13)9-24-20(30)18-17(12-3-4-12)27-31-28-18;1-4(2,9-3)5(6,7)8;1-2-3-1/h2,5,7,10,12,19H,3-4,6,8-9H2,1H3,(H,23,29)(H,24,30)(H,25,26);1-3H3;1-3H2. The number of ether oxygens (including phenoxy) is 1. The van der Waals surface area contributed by atoms with Crippen LogP contribution in [0.5, 0.6) is 0 Å². The van der Waals surface area contributed by atoms with Gasteiger partial charge in [0.1, 0.15) is 11.5 Å². The van der Waals surface area contributed by atoms with Crippen molar-refractivity contribution in [1.29, 1.82) is 0 Å². The van der Waals surface area contributed by atoms with Crippen molar-refractivity contribution in [3.05, 3.63) is 41.0 Å². The highest BCUT2D eigenvalue weighted by atomic mass is 19.4. The molecule has 5 rings (SSSR count). The number of carbonyl (C=O) groups is 2. The summed E-state index contributed by atoms with van der Waals surface area (Å²) in [7, 11) is 1.04. The molecule has 1 aromatic carbocycles.